The zero-order chi connectivity index (χ0) is 16.0. The number of nitrogens with zero attached hydrogens (tertiary/aromatic N) is 5. The van der Waals surface area contributed by atoms with E-state index in [0.717, 1.165) is 5.69 Å². The van der Waals surface area contributed by atoms with E-state index < -0.39 is 0 Å². The molecule has 0 spiro atoms. The molecule has 0 unspecified atom stereocenters. The molecule has 0 aliphatic rings. The number of halogens is 1. The van der Waals surface area contributed by atoms with E-state index in [-0.39, 0.29) is 23.8 Å². The van der Waals surface area contributed by atoms with E-state index >= 15 is 0 Å². The van der Waals surface area contributed by atoms with Gasteiger partial charge in [0.15, 0.2) is 28.6 Å². The molecule has 24 heavy (non-hydrogen) atoms. The molecule has 0 aromatic carbocycles. The highest BCUT2D eigenvalue weighted by Crippen LogP contribution is 2.28. The summed E-state index contributed by atoms with van der Waals surface area (Å²) < 4.78 is 8.73. The van der Waals surface area contributed by atoms with Gasteiger partial charge in [-0.25, -0.2) is 15.0 Å². The number of imidazole rings is 1. The van der Waals surface area contributed by atoms with Gasteiger partial charge in [0, 0.05) is 19.3 Å². The zero-order valence-corrected chi connectivity index (χ0v) is 13.4. The Hall–Kier alpha value is -3.13. The first-order valence-corrected chi connectivity index (χ1v) is 6.85. The SMILES string of the molecule is Cl.Cn1cc(-n2c(-c3ccco3)nc3c(N)ncnc32)ccc1=O. The van der Waals surface area contributed by atoms with Gasteiger partial charge >= 0.3 is 0 Å². The van der Waals surface area contributed by atoms with Gasteiger partial charge < -0.3 is 14.7 Å². The molecule has 0 aliphatic carbocycles. The Morgan fingerprint density at radius 2 is 2.04 bits per heavy atom. The fraction of sp³-hybridized carbons (Fsp3) is 0.0667. The average Bonchev–Trinajstić information content (AvgIpc) is 3.17. The molecule has 0 fully saturated rings. The highest BCUT2D eigenvalue weighted by Gasteiger charge is 2.19. The van der Waals surface area contributed by atoms with E-state index in [0.29, 0.717) is 22.7 Å². The fourth-order valence-electron chi connectivity index (χ4n) is 2.44. The summed E-state index contributed by atoms with van der Waals surface area (Å²) in [6.07, 6.45) is 4.65. The van der Waals surface area contributed by atoms with Crippen molar-refractivity contribution < 1.29 is 4.42 Å². The van der Waals surface area contributed by atoms with Gasteiger partial charge in [-0.05, 0) is 18.2 Å². The van der Waals surface area contributed by atoms with E-state index in [1.807, 2.05) is 0 Å². The molecule has 2 N–H and O–H groups in total. The van der Waals surface area contributed by atoms with Crippen LogP contribution in [0.4, 0.5) is 5.82 Å². The summed E-state index contributed by atoms with van der Waals surface area (Å²) in [6.45, 7) is 0. The average molecular weight is 345 g/mol. The van der Waals surface area contributed by atoms with Crippen molar-refractivity contribution in [2.45, 2.75) is 0 Å². The molecule has 0 atom stereocenters. The van der Waals surface area contributed by atoms with Crippen molar-refractivity contribution in [3.63, 3.8) is 0 Å². The Kier molecular flexibility index (Phi) is 3.82. The summed E-state index contributed by atoms with van der Waals surface area (Å²) in [5.74, 6) is 1.39. The minimum atomic E-state index is -0.105. The topological polar surface area (TPSA) is 105 Å². The molecule has 4 rings (SSSR count). The van der Waals surface area contributed by atoms with E-state index in [2.05, 4.69) is 15.0 Å². The van der Waals surface area contributed by atoms with Crippen LogP contribution in [0.25, 0.3) is 28.4 Å². The standard InChI is InChI=1S/C15H12N6O2.ClH/c1-20-7-9(4-5-11(20)22)21-14(10-3-2-6-23-10)19-12-13(16)17-8-18-15(12)21;/h2-8H,1H3,(H2,16,17,18);1H. The molecule has 4 aromatic heterocycles. The van der Waals surface area contributed by atoms with Crippen molar-refractivity contribution in [3.05, 3.63) is 53.4 Å². The number of aromatic nitrogens is 5. The number of pyridine rings is 1. The molecule has 0 bridgehead atoms. The lowest BCUT2D eigenvalue weighted by Crippen LogP contribution is -2.15. The Morgan fingerprint density at radius 3 is 2.75 bits per heavy atom. The highest BCUT2D eigenvalue weighted by atomic mass is 35.5. The number of fused-ring (bicyclic) bond motifs is 1. The molecule has 4 heterocycles. The number of furan rings is 1. The second-order valence-electron chi connectivity index (χ2n) is 5.02. The number of nitrogens with two attached hydrogens (primary N) is 1. The van der Waals surface area contributed by atoms with Crippen LogP contribution in [-0.2, 0) is 7.05 Å². The first-order chi connectivity index (χ1) is 11.1. The van der Waals surface area contributed by atoms with Gasteiger partial charge in [0.1, 0.15) is 6.33 Å². The van der Waals surface area contributed by atoms with Crippen molar-refractivity contribution in [2.24, 2.45) is 7.05 Å². The maximum Gasteiger partial charge on any atom is 0.250 e. The van der Waals surface area contributed by atoms with Gasteiger partial charge in [0.05, 0.1) is 12.0 Å². The number of hydrogen-bond acceptors (Lipinski definition) is 6. The molecule has 0 saturated carbocycles. The lowest BCUT2D eigenvalue weighted by Gasteiger charge is -2.08. The van der Waals surface area contributed by atoms with Crippen molar-refractivity contribution in [1.82, 2.24) is 24.1 Å². The Bertz CT molecular complexity index is 1070. The van der Waals surface area contributed by atoms with Crippen LogP contribution in [0, 0.1) is 0 Å². The highest BCUT2D eigenvalue weighted by molar-refractivity contribution is 5.86. The summed E-state index contributed by atoms with van der Waals surface area (Å²) in [7, 11) is 1.68. The number of rotatable bonds is 2. The van der Waals surface area contributed by atoms with Crippen molar-refractivity contribution in [2.75, 3.05) is 5.73 Å². The minimum Gasteiger partial charge on any atom is -0.461 e. The molecule has 9 heteroatoms. The van der Waals surface area contributed by atoms with E-state index in [1.54, 1.807) is 42.3 Å². The van der Waals surface area contributed by atoms with E-state index in [9.17, 15) is 4.79 Å². The third-order valence-electron chi connectivity index (χ3n) is 3.54. The summed E-state index contributed by atoms with van der Waals surface area (Å²) in [5, 5.41) is 0. The Balaban J connectivity index is 0.00000169. The molecule has 0 saturated heterocycles. The second-order valence-corrected chi connectivity index (χ2v) is 5.02. The van der Waals surface area contributed by atoms with Crippen molar-refractivity contribution in [1.29, 1.82) is 0 Å². The maximum absolute atomic E-state index is 11.6. The molecule has 0 aliphatic heterocycles. The van der Waals surface area contributed by atoms with Crippen LogP contribution in [0.5, 0.6) is 0 Å². The number of aryl methyl sites for hydroxylation is 1. The second kappa shape index (κ2) is 5.82. The van der Waals surface area contributed by atoms with Gasteiger partial charge in [0.25, 0.3) is 0 Å². The normalized spacial score (nSPS) is 10.7. The van der Waals surface area contributed by atoms with E-state index in [1.165, 1.54) is 17.0 Å². The van der Waals surface area contributed by atoms with Crippen LogP contribution in [0.2, 0.25) is 0 Å². The summed E-state index contributed by atoms with van der Waals surface area (Å²) in [4.78, 5) is 24.4. The Morgan fingerprint density at radius 1 is 1.21 bits per heavy atom. The predicted molar refractivity (Wildman–Crippen MR) is 91.3 cm³/mol. The minimum absolute atomic E-state index is 0. The van der Waals surface area contributed by atoms with Gasteiger partial charge in [-0.1, -0.05) is 0 Å². The lowest BCUT2D eigenvalue weighted by molar-refractivity contribution is 0.576. The van der Waals surface area contributed by atoms with Crippen LogP contribution in [-0.4, -0.2) is 24.1 Å². The zero-order valence-electron chi connectivity index (χ0n) is 12.6. The molecule has 4 aromatic rings. The van der Waals surface area contributed by atoms with Gasteiger partial charge in [-0.2, -0.15) is 0 Å². The largest absolute Gasteiger partial charge is 0.461 e. The molecule has 0 amide bonds. The quantitative estimate of drug-likeness (QED) is 0.594. The predicted octanol–water partition coefficient (Wildman–Crippen LogP) is 1.78. The number of hydrogen-bond donors (Lipinski definition) is 1. The van der Waals surface area contributed by atoms with Crippen LogP contribution in [0.15, 0.2) is 52.3 Å². The first-order valence-electron chi connectivity index (χ1n) is 6.85. The van der Waals surface area contributed by atoms with Crippen molar-refractivity contribution >= 4 is 29.4 Å². The summed E-state index contributed by atoms with van der Waals surface area (Å²) in [6, 6.07) is 6.75. The van der Waals surface area contributed by atoms with Gasteiger partial charge in [0.2, 0.25) is 5.56 Å². The first kappa shape index (κ1) is 15.8. The summed E-state index contributed by atoms with van der Waals surface area (Å²) >= 11 is 0. The number of anilines is 1. The van der Waals surface area contributed by atoms with E-state index in [4.69, 9.17) is 10.2 Å². The monoisotopic (exact) mass is 344 g/mol. The van der Waals surface area contributed by atoms with Crippen molar-refractivity contribution in [3.8, 4) is 17.3 Å². The molecule has 8 nitrogen and oxygen atoms in total. The summed E-state index contributed by atoms with van der Waals surface area (Å²) in [5.41, 5.74) is 7.55. The Labute approximate surface area is 142 Å². The van der Waals surface area contributed by atoms with Crippen LogP contribution in [0.3, 0.4) is 0 Å². The van der Waals surface area contributed by atoms with Gasteiger partial charge in [-0.3, -0.25) is 9.36 Å². The third kappa shape index (κ3) is 2.33. The lowest BCUT2D eigenvalue weighted by atomic mass is 10.3. The van der Waals surface area contributed by atoms with Gasteiger partial charge in [-0.15, -0.1) is 12.4 Å². The third-order valence-corrected chi connectivity index (χ3v) is 3.54. The van der Waals surface area contributed by atoms with Crippen LogP contribution < -0.4 is 11.3 Å². The number of nitrogen functional groups attached to an aromatic ring is 1. The molecule has 122 valence electrons. The maximum atomic E-state index is 11.6. The smallest absolute Gasteiger partial charge is 0.250 e. The fourth-order valence-corrected chi connectivity index (χ4v) is 2.44. The molecular formula is C15H13ClN6O2. The van der Waals surface area contributed by atoms with Crippen LogP contribution in [0.1, 0.15) is 0 Å². The molecular weight excluding hydrogens is 332 g/mol. The molecule has 0 radical (unpaired) electrons. The van der Waals surface area contributed by atoms with Crippen LogP contribution >= 0.6 is 12.4 Å².